The van der Waals surface area contributed by atoms with Gasteiger partial charge in [0, 0.05) is 6.20 Å². The predicted octanol–water partition coefficient (Wildman–Crippen LogP) is 2.97. The molecule has 4 nitrogen and oxygen atoms in total. The van der Waals surface area contributed by atoms with E-state index in [-0.39, 0.29) is 5.75 Å². The molecule has 0 bridgehead atoms. The minimum atomic E-state index is -0.835. The van der Waals surface area contributed by atoms with Crippen molar-refractivity contribution in [2.24, 2.45) is 0 Å². The van der Waals surface area contributed by atoms with E-state index in [2.05, 4.69) is 18.0 Å². The van der Waals surface area contributed by atoms with Gasteiger partial charge in [0.15, 0.2) is 5.16 Å². The van der Waals surface area contributed by atoms with E-state index >= 15 is 0 Å². The number of hydrogen-bond donors (Lipinski definition) is 1. The van der Waals surface area contributed by atoms with Crippen LogP contribution in [0.2, 0.25) is 0 Å². The Morgan fingerprint density at radius 1 is 1.37 bits per heavy atom. The quantitative estimate of drug-likeness (QED) is 0.872. The van der Waals surface area contributed by atoms with Gasteiger partial charge in [0.25, 0.3) is 0 Å². The van der Waals surface area contributed by atoms with E-state index < -0.39 is 5.97 Å². The highest BCUT2D eigenvalue weighted by Crippen LogP contribution is 2.24. The van der Waals surface area contributed by atoms with Gasteiger partial charge < -0.3 is 5.11 Å². The summed E-state index contributed by atoms with van der Waals surface area (Å²) >= 11 is 1.24. The van der Waals surface area contributed by atoms with E-state index in [1.165, 1.54) is 17.3 Å². The van der Waals surface area contributed by atoms with Crippen LogP contribution in [0.5, 0.6) is 0 Å². The van der Waals surface area contributed by atoms with Crippen LogP contribution in [0.25, 0.3) is 5.69 Å². The molecule has 19 heavy (non-hydrogen) atoms. The van der Waals surface area contributed by atoms with Crippen LogP contribution in [0, 0.1) is 20.8 Å². The van der Waals surface area contributed by atoms with Gasteiger partial charge >= 0.3 is 5.97 Å². The normalized spacial score (nSPS) is 10.7. The fourth-order valence-corrected chi connectivity index (χ4v) is 2.70. The van der Waals surface area contributed by atoms with Gasteiger partial charge in [0.05, 0.1) is 17.1 Å². The molecule has 1 N–H and O–H groups in total. The lowest BCUT2D eigenvalue weighted by Gasteiger charge is -2.10. The molecule has 1 aromatic heterocycles. The maximum atomic E-state index is 10.7. The van der Waals surface area contributed by atoms with Gasteiger partial charge in [-0.05, 0) is 32.4 Å². The number of hydrogen-bond acceptors (Lipinski definition) is 3. The third kappa shape index (κ3) is 3.17. The smallest absolute Gasteiger partial charge is 0.313 e. The molecule has 0 aliphatic rings. The van der Waals surface area contributed by atoms with Gasteiger partial charge in [-0.15, -0.1) is 0 Å². The van der Waals surface area contributed by atoms with Crippen LogP contribution < -0.4 is 0 Å². The summed E-state index contributed by atoms with van der Waals surface area (Å²) in [6.07, 6.45) is 1.93. The van der Waals surface area contributed by atoms with Crippen molar-refractivity contribution in [2.45, 2.75) is 25.9 Å². The first-order valence-corrected chi connectivity index (χ1v) is 6.94. The lowest BCUT2D eigenvalue weighted by Crippen LogP contribution is -2.02. The molecule has 0 aliphatic heterocycles. The maximum Gasteiger partial charge on any atom is 0.313 e. The highest BCUT2D eigenvalue weighted by Gasteiger charge is 2.11. The van der Waals surface area contributed by atoms with E-state index in [9.17, 15) is 4.79 Å². The first-order valence-electron chi connectivity index (χ1n) is 5.95. The Bertz CT molecular complexity index is 620. The SMILES string of the molecule is Cc1ccc(-n2cc(C)nc2SCC(=O)O)c(C)c1. The number of carboxylic acids is 1. The highest BCUT2D eigenvalue weighted by atomic mass is 32.2. The molecule has 1 aromatic carbocycles. The molecule has 0 atom stereocenters. The van der Waals surface area contributed by atoms with E-state index in [4.69, 9.17) is 5.11 Å². The minimum Gasteiger partial charge on any atom is -0.481 e. The number of aromatic nitrogens is 2. The molecule has 0 saturated heterocycles. The molecule has 1 heterocycles. The lowest BCUT2D eigenvalue weighted by molar-refractivity contribution is -0.133. The van der Waals surface area contributed by atoms with Crippen LogP contribution in [0.3, 0.4) is 0 Å². The van der Waals surface area contributed by atoms with E-state index in [1.807, 2.05) is 36.7 Å². The lowest BCUT2D eigenvalue weighted by atomic mass is 10.1. The van der Waals surface area contributed by atoms with Crippen LogP contribution in [0.4, 0.5) is 0 Å². The number of carboxylic acid groups (broad SMARTS) is 1. The molecular weight excluding hydrogens is 260 g/mol. The summed E-state index contributed by atoms with van der Waals surface area (Å²) < 4.78 is 1.96. The van der Waals surface area contributed by atoms with Crippen molar-refractivity contribution < 1.29 is 9.90 Å². The Balaban J connectivity index is 2.40. The van der Waals surface area contributed by atoms with Gasteiger partial charge in [0.1, 0.15) is 0 Å². The number of aryl methyl sites for hydroxylation is 3. The first kappa shape index (κ1) is 13.7. The third-order valence-electron chi connectivity index (χ3n) is 2.73. The molecule has 0 fully saturated rings. The standard InChI is InChI=1S/C14H16N2O2S/c1-9-4-5-12(10(2)6-9)16-7-11(3)15-14(16)19-8-13(17)18/h4-7H,8H2,1-3H3,(H,17,18). The summed E-state index contributed by atoms with van der Waals surface area (Å²) in [5.41, 5.74) is 4.28. The summed E-state index contributed by atoms with van der Waals surface area (Å²) in [6, 6.07) is 6.19. The van der Waals surface area contributed by atoms with Crippen molar-refractivity contribution >= 4 is 17.7 Å². The summed E-state index contributed by atoms with van der Waals surface area (Å²) in [6.45, 7) is 6.00. The molecule has 0 aliphatic carbocycles. The number of imidazole rings is 1. The van der Waals surface area contributed by atoms with Crippen molar-refractivity contribution in [3.63, 3.8) is 0 Å². The number of aliphatic carboxylic acids is 1. The topological polar surface area (TPSA) is 55.1 Å². The minimum absolute atomic E-state index is 0.0152. The summed E-state index contributed by atoms with van der Waals surface area (Å²) in [7, 11) is 0. The first-order chi connectivity index (χ1) is 8.97. The zero-order valence-corrected chi connectivity index (χ0v) is 12.0. The highest BCUT2D eigenvalue weighted by molar-refractivity contribution is 7.99. The van der Waals surface area contributed by atoms with Crippen molar-refractivity contribution in [3.8, 4) is 5.69 Å². The molecule has 0 amide bonds. The molecule has 0 saturated carbocycles. The van der Waals surface area contributed by atoms with Crippen LogP contribution >= 0.6 is 11.8 Å². The number of rotatable bonds is 4. The largest absolute Gasteiger partial charge is 0.481 e. The van der Waals surface area contributed by atoms with Gasteiger partial charge in [-0.2, -0.15) is 0 Å². The van der Waals surface area contributed by atoms with E-state index in [0.717, 1.165) is 16.9 Å². The van der Waals surface area contributed by atoms with Crippen LogP contribution in [-0.2, 0) is 4.79 Å². The number of thioether (sulfide) groups is 1. The zero-order valence-electron chi connectivity index (χ0n) is 11.2. The molecular formula is C14H16N2O2S. The zero-order chi connectivity index (χ0) is 14.0. The van der Waals surface area contributed by atoms with Crippen LogP contribution in [0.1, 0.15) is 16.8 Å². The fraction of sp³-hybridized carbons (Fsp3) is 0.286. The van der Waals surface area contributed by atoms with Gasteiger partial charge in [-0.3, -0.25) is 9.36 Å². The average Bonchev–Trinajstić information content (AvgIpc) is 2.67. The summed E-state index contributed by atoms with van der Waals surface area (Å²) in [5.74, 6) is -0.820. The van der Waals surface area contributed by atoms with Crippen molar-refractivity contribution in [1.29, 1.82) is 0 Å². The summed E-state index contributed by atoms with van der Waals surface area (Å²) in [4.78, 5) is 15.1. The Morgan fingerprint density at radius 3 is 2.74 bits per heavy atom. The summed E-state index contributed by atoms with van der Waals surface area (Å²) in [5, 5.41) is 9.49. The molecule has 0 spiro atoms. The second-order valence-electron chi connectivity index (χ2n) is 4.51. The Hall–Kier alpha value is -1.75. The Labute approximate surface area is 116 Å². The van der Waals surface area contributed by atoms with Crippen molar-refractivity contribution in [2.75, 3.05) is 5.75 Å². The maximum absolute atomic E-state index is 10.7. The van der Waals surface area contributed by atoms with Crippen LogP contribution in [-0.4, -0.2) is 26.4 Å². The van der Waals surface area contributed by atoms with Crippen molar-refractivity contribution in [3.05, 3.63) is 41.2 Å². The molecule has 0 radical (unpaired) electrons. The fourth-order valence-electron chi connectivity index (χ4n) is 1.95. The second-order valence-corrected chi connectivity index (χ2v) is 5.45. The molecule has 100 valence electrons. The Kier molecular flexibility index (Phi) is 3.95. The van der Waals surface area contributed by atoms with Gasteiger partial charge in [-0.25, -0.2) is 4.98 Å². The molecule has 2 aromatic rings. The number of benzene rings is 1. The third-order valence-corrected chi connectivity index (χ3v) is 3.67. The van der Waals surface area contributed by atoms with Crippen molar-refractivity contribution in [1.82, 2.24) is 9.55 Å². The van der Waals surface area contributed by atoms with E-state index in [0.29, 0.717) is 5.16 Å². The second kappa shape index (κ2) is 5.48. The molecule has 5 heteroatoms. The average molecular weight is 276 g/mol. The van der Waals surface area contributed by atoms with Crippen LogP contribution in [0.15, 0.2) is 29.6 Å². The monoisotopic (exact) mass is 276 g/mol. The van der Waals surface area contributed by atoms with Gasteiger partial charge in [0.2, 0.25) is 0 Å². The Morgan fingerprint density at radius 2 is 2.11 bits per heavy atom. The number of carbonyl (C=O) groups is 1. The molecule has 2 rings (SSSR count). The molecule has 0 unspecified atom stereocenters. The van der Waals surface area contributed by atoms with Gasteiger partial charge in [-0.1, -0.05) is 29.5 Å². The number of nitrogens with zero attached hydrogens (tertiary/aromatic N) is 2. The predicted molar refractivity (Wildman–Crippen MR) is 76.1 cm³/mol. The van der Waals surface area contributed by atoms with E-state index in [1.54, 1.807) is 0 Å².